The number of cyclic esters (lactones) is 4. The second kappa shape index (κ2) is 19.5. The number of aromatic nitrogens is 2. The van der Waals surface area contributed by atoms with Gasteiger partial charge in [0.1, 0.15) is 25.7 Å². The molecule has 0 spiro atoms. The smallest absolute Gasteiger partial charge is 0.329 e. The molecule has 1 fully saturated rings. The highest BCUT2D eigenvalue weighted by molar-refractivity contribution is 5.90. The first-order chi connectivity index (χ1) is 23.9. The molecule has 0 aliphatic carbocycles. The van der Waals surface area contributed by atoms with Crippen molar-refractivity contribution >= 4 is 47.5 Å². The number of rotatable bonds is 4. The quantitative estimate of drug-likeness (QED) is 0.147. The molecule has 1 atom stereocenters. The third-order valence-corrected chi connectivity index (χ3v) is 6.29. The van der Waals surface area contributed by atoms with Gasteiger partial charge in [0, 0.05) is 18.5 Å². The van der Waals surface area contributed by atoms with Crippen LogP contribution >= 0.6 is 0 Å². The first-order valence-electron chi connectivity index (χ1n) is 15.2. The Balaban J connectivity index is 1.66. The molecule has 266 valence electrons. The number of carbonyl (C=O) groups is 8. The molecule has 0 radical (unpaired) electrons. The van der Waals surface area contributed by atoms with Gasteiger partial charge in [-0.3, -0.25) is 38.2 Å². The third kappa shape index (κ3) is 14.7. The molecule has 18 nitrogen and oxygen atoms in total. The number of hydrogen-bond donors (Lipinski definition) is 4. The second-order valence-corrected chi connectivity index (χ2v) is 10.9. The zero-order valence-electron chi connectivity index (χ0n) is 27.3. The highest BCUT2D eigenvalue weighted by atomic mass is 16.6. The molecule has 4 N–H and O–H groups in total. The van der Waals surface area contributed by atoms with Crippen LogP contribution in [-0.4, -0.2) is 109 Å². The average molecular weight is 697 g/mol. The van der Waals surface area contributed by atoms with Crippen molar-refractivity contribution in [2.24, 2.45) is 5.92 Å². The minimum absolute atomic E-state index is 0.0830. The number of nitrogens with zero attached hydrogens (tertiary/aromatic N) is 2. The fraction of sp³-hybridized carbons (Fsp3) is 0.406. The van der Waals surface area contributed by atoms with Gasteiger partial charge in [0.15, 0.2) is 26.4 Å². The van der Waals surface area contributed by atoms with Crippen LogP contribution in [0.2, 0.25) is 0 Å². The van der Waals surface area contributed by atoms with Crippen LogP contribution in [0.15, 0.2) is 36.7 Å². The summed E-state index contributed by atoms with van der Waals surface area (Å²) in [6.45, 7) is -0.834. The summed E-state index contributed by atoms with van der Waals surface area (Å²) in [6.07, 6.45) is 3.40. The van der Waals surface area contributed by atoms with E-state index in [4.69, 9.17) is 9.47 Å². The molecule has 1 aromatic heterocycles. The van der Waals surface area contributed by atoms with Gasteiger partial charge in [-0.25, -0.2) is 4.79 Å². The van der Waals surface area contributed by atoms with Crippen molar-refractivity contribution in [1.29, 1.82) is 0 Å². The monoisotopic (exact) mass is 696 g/mol. The van der Waals surface area contributed by atoms with Gasteiger partial charge in [0.2, 0.25) is 0 Å². The Morgan fingerprint density at radius 1 is 0.720 bits per heavy atom. The van der Waals surface area contributed by atoms with E-state index in [0.717, 1.165) is 11.1 Å². The van der Waals surface area contributed by atoms with Crippen molar-refractivity contribution in [3.05, 3.63) is 53.3 Å². The zero-order valence-corrected chi connectivity index (χ0v) is 27.3. The third-order valence-electron chi connectivity index (χ3n) is 6.29. The number of esters is 4. The fourth-order valence-corrected chi connectivity index (χ4v) is 3.87. The topological polar surface area (TPSA) is 239 Å². The number of ether oxygens (including phenoxy) is 4. The summed E-state index contributed by atoms with van der Waals surface area (Å²) >= 11 is 0. The summed E-state index contributed by atoms with van der Waals surface area (Å²) in [7, 11) is 0. The highest BCUT2D eigenvalue weighted by Crippen LogP contribution is 2.10. The first kappa shape index (κ1) is 38.2. The predicted molar refractivity (Wildman–Crippen MR) is 168 cm³/mol. The van der Waals surface area contributed by atoms with Crippen molar-refractivity contribution in [2.75, 3.05) is 46.1 Å². The van der Waals surface area contributed by atoms with Gasteiger partial charge in [-0.15, -0.1) is 0 Å². The molecule has 1 aliphatic rings. The molecule has 1 unspecified atom stereocenters. The second-order valence-electron chi connectivity index (χ2n) is 10.9. The lowest BCUT2D eigenvalue weighted by Crippen LogP contribution is -2.46. The molecule has 0 saturated carbocycles. The van der Waals surface area contributed by atoms with Crippen molar-refractivity contribution < 1.29 is 57.3 Å². The standard InChI is InChI=1S/C32H36N6O12/c1-20(2)3-4-23-10-36-38(15-23)14-22-7-5-21(6-8-22)9-24-32(46)50-18-27(41)35-12-30(44)48-16-25(39)33-11-29(43)47-17-26(40)34-13-31(45)49-19-28(42)37-24/h5-8,10,15,20,24H,9,11-14,16-19H2,1-2H3,(H,33,39)(H,34,40)(H,35,41)(H,37,42). The maximum absolute atomic E-state index is 13.0. The molecule has 4 amide bonds. The molecule has 2 aromatic rings. The zero-order chi connectivity index (χ0) is 36.5. The van der Waals surface area contributed by atoms with E-state index in [1.54, 1.807) is 35.1 Å². The minimum Gasteiger partial charge on any atom is -0.454 e. The molecular weight excluding hydrogens is 660 g/mol. The van der Waals surface area contributed by atoms with E-state index in [1.165, 1.54) is 0 Å². The van der Waals surface area contributed by atoms with Crippen molar-refractivity contribution in [1.82, 2.24) is 31.0 Å². The average Bonchev–Trinajstić information content (AvgIpc) is 3.54. The van der Waals surface area contributed by atoms with Crippen LogP contribution < -0.4 is 21.3 Å². The Morgan fingerprint density at radius 2 is 1.20 bits per heavy atom. The number of hydrogen-bond acceptors (Lipinski definition) is 13. The fourth-order valence-electron chi connectivity index (χ4n) is 3.87. The highest BCUT2D eigenvalue weighted by Gasteiger charge is 2.25. The van der Waals surface area contributed by atoms with Gasteiger partial charge in [0.25, 0.3) is 23.6 Å². The SMILES string of the molecule is CC(C)C#Cc1cnn(Cc2ccc(CC3NC(=O)COC(=O)CNC(=O)COC(=O)CNC(=O)COC(=O)CNC(=O)COC3=O)cc2)c1. The Bertz CT molecular complexity index is 1640. The van der Waals surface area contributed by atoms with E-state index >= 15 is 0 Å². The van der Waals surface area contributed by atoms with Crippen LogP contribution in [-0.2, 0) is 70.3 Å². The van der Waals surface area contributed by atoms with Gasteiger partial charge in [-0.2, -0.15) is 5.10 Å². The molecule has 0 bridgehead atoms. The summed E-state index contributed by atoms with van der Waals surface area (Å²) in [5, 5.41) is 13.1. The number of benzene rings is 1. The van der Waals surface area contributed by atoms with Gasteiger partial charge >= 0.3 is 23.9 Å². The van der Waals surface area contributed by atoms with Crippen LogP contribution in [0, 0.1) is 17.8 Å². The van der Waals surface area contributed by atoms with E-state index < -0.39 is 99.6 Å². The van der Waals surface area contributed by atoms with Gasteiger partial charge in [0.05, 0.1) is 18.3 Å². The molecule has 18 heteroatoms. The molecule has 1 aliphatic heterocycles. The maximum Gasteiger partial charge on any atom is 0.329 e. The van der Waals surface area contributed by atoms with Crippen LogP contribution in [0.4, 0.5) is 0 Å². The van der Waals surface area contributed by atoms with Crippen LogP contribution in [0.3, 0.4) is 0 Å². The molecule has 2 heterocycles. The number of carbonyl (C=O) groups excluding carboxylic acids is 8. The van der Waals surface area contributed by atoms with Gasteiger partial charge < -0.3 is 40.2 Å². The molecular formula is C32H36N6O12. The van der Waals surface area contributed by atoms with E-state index in [2.05, 4.69) is 47.7 Å². The lowest BCUT2D eigenvalue weighted by molar-refractivity contribution is -0.154. The predicted octanol–water partition coefficient (Wildman–Crippen LogP) is -2.50. The van der Waals surface area contributed by atoms with E-state index in [1.807, 2.05) is 20.0 Å². The number of nitrogens with one attached hydrogen (secondary N) is 4. The Kier molecular flexibility index (Phi) is 14.9. The van der Waals surface area contributed by atoms with Gasteiger partial charge in [-0.05, 0) is 11.1 Å². The van der Waals surface area contributed by atoms with E-state index in [0.29, 0.717) is 12.1 Å². The lowest BCUT2D eigenvalue weighted by atomic mass is 10.0. The van der Waals surface area contributed by atoms with E-state index in [9.17, 15) is 38.4 Å². The number of amides is 4. The Labute approximate surface area is 285 Å². The Hall–Kier alpha value is -6.25. The molecule has 1 saturated heterocycles. The summed E-state index contributed by atoms with van der Waals surface area (Å²) in [5.74, 6) is -1.22. The summed E-state index contributed by atoms with van der Waals surface area (Å²) < 4.78 is 21.0. The van der Waals surface area contributed by atoms with Crippen LogP contribution in [0.5, 0.6) is 0 Å². The van der Waals surface area contributed by atoms with Crippen molar-refractivity contribution in [2.45, 2.75) is 32.9 Å². The van der Waals surface area contributed by atoms with Crippen molar-refractivity contribution in [3.8, 4) is 11.8 Å². The van der Waals surface area contributed by atoms with Gasteiger partial charge in [-0.1, -0.05) is 50.0 Å². The molecule has 3 rings (SSSR count). The summed E-state index contributed by atoms with van der Waals surface area (Å²) in [4.78, 5) is 97.1. The van der Waals surface area contributed by atoms with Crippen molar-refractivity contribution in [3.63, 3.8) is 0 Å². The summed E-state index contributed by atoms with van der Waals surface area (Å²) in [6, 6.07) is 5.72. The first-order valence-corrected chi connectivity index (χ1v) is 15.2. The van der Waals surface area contributed by atoms with Crippen LogP contribution in [0.25, 0.3) is 0 Å². The maximum atomic E-state index is 13.0. The minimum atomic E-state index is -1.34. The normalized spacial score (nSPS) is 18.0. The lowest BCUT2D eigenvalue weighted by Gasteiger charge is -2.18. The molecule has 50 heavy (non-hydrogen) atoms. The Morgan fingerprint density at radius 3 is 1.72 bits per heavy atom. The largest absolute Gasteiger partial charge is 0.454 e. The summed E-state index contributed by atoms with van der Waals surface area (Å²) in [5.41, 5.74) is 2.27. The van der Waals surface area contributed by atoms with Crippen LogP contribution in [0.1, 0.15) is 30.5 Å². The molecule has 1 aromatic carbocycles. The van der Waals surface area contributed by atoms with E-state index in [-0.39, 0.29) is 12.3 Å².